The van der Waals surface area contributed by atoms with Gasteiger partial charge in [0.1, 0.15) is 0 Å². The van der Waals surface area contributed by atoms with Crippen LogP contribution in [0.2, 0.25) is 0 Å². The van der Waals surface area contributed by atoms with E-state index in [2.05, 4.69) is 205 Å². The average molecular weight is 789 g/mol. The summed E-state index contributed by atoms with van der Waals surface area (Å²) in [7, 11) is 0. The summed E-state index contributed by atoms with van der Waals surface area (Å²) in [4.78, 5) is 15.9. The standard InChI is InChI=1S/C58H36N4/c1-3-16-37(17-4-1)38-32-34-39(35-33-38)41-20-13-21-42(36-41)56-59-55(40-18-5-2-6-19-40)60-57(61-56)46-25-15-28-49-53(46)45-23-7-9-26-47(45)58(49)48-27-10-12-31-52(48)62-51-30-11-8-22-43(51)44-24-14-29-50(58)54(44)62/h1-36H. The maximum atomic E-state index is 5.39. The van der Waals surface area contributed by atoms with E-state index in [0.717, 1.165) is 33.4 Å². The molecule has 4 nitrogen and oxygen atoms in total. The van der Waals surface area contributed by atoms with Gasteiger partial charge in [0.05, 0.1) is 22.1 Å². The van der Waals surface area contributed by atoms with Gasteiger partial charge >= 0.3 is 0 Å². The van der Waals surface area contributed by atoms with Crippen LogP contribution < -0.4 is 0 Å². The zero-order chi connectivity index (χ0) is 40.8. The average Bonchev–Trinajstić information content (AvgIpc) is 3.85. The fourth-order valence-corrected chi connectivity index (χ4v) is 10.5. The van der Waals surface area contributed by atoms with E-state index in [1.165, 1.54) is 66.4 Å². The first-order chi connectivity index (χ1) is 30.8. The molecule has 0 saturated carbocycles. The molecule has 0 fully saturated rings. The normalized spacial score (nSPS) is 14.5. The zero-order valence-electron chi connectivity index (χ0n) is 33.6. The summed E-state index contributed by atoms with van der Waals surface area (Å²) in [6.07, 6.45) is 0. The summed E-state index contributed by atoms with van der Waals surface area (Å²) >= 11 is 0. The third-order valence-electron chi connectivity index (χ3n) is 13.1. The molecule has 9 aromatic carbocycles. The van der Waals surface area contributed by atoms with Crippen LogP contribution in [0.1, 0.15) is 22.3 Å². The Morgan fingerprint density at radius 2 is 0.839 bits per heavy atom. The number of benzene rings is 9. The predicted octanol–water partition coefficient (Wildman–Crippen LogP) is 14.0. The van der Waals surface area contributed by atoms with Gasteiger partial charge in [-0.2, -0.15) is 0 Å². The largest absolute Gasteiger partial charge is 0.309 e. The molecule has 1 atom stereocenters. The van der Waals surface area contributed by atoms with Crippen LogP contribution in [-0.2, 0) is 5.41 Å². The Morgan fingerprint density at radius 3 is 1.66 bits per heavy atom. The minimum absolute atomic E-state index is 0.578. The van der Waals surface area contributed by atoms with Crippen molar-refractivity contribution >= 4 is 21.8 Å². The van der Waals surface area contributed by atoms with Crippen LogP contribution in [0, 0.1) is 0 Å². The van der Waals surface area contributed by atoms with E-state index in [1.54, 1.807) is 0 Å². The molecule has 2 aromatic heterocycles. The third-order valence-corrected chi connectivity index (χ3v) is 13.1. The molecule has 1 unspecified atom stereocenters. The minimum Gasteiger partial charge on any atom is -0.309 e. The van der Waals surface area contributed by atoms with E-state index in [4.69, 9.17) is 15.0 Å². The lowest BCUT2D eigenvalue weighted by atomic mass is 9.65. The van der Waals surface area contributed by atoms with Crippen LogP contribution in [0.15, 0.2) is 218 Å². The molecule has 4 heteroatoms. The molecule has 1 aliphatic carbocycles. The van der Waals surface area contributed by atoms with Crippen molar-refractivity contribution in [3.63, 3.8) is 0 Å². The van der Waals surface area contributed by atoms with E-state index < -0.39 is 5.41 Å². The highest BCUT2D eigenvalue weighted by Crippen LogP contribution is 2.62. The molecule has 1 aliphatic heterocycles. The fraction of sp³-hybridized carbons (Fsp3) is 0.0172. The molecule has 62 heavy (non-hydrogen) atoms. The van der Waals surface area contributed by atoms with E-state index >= 15 is 0 Å². The van der Waals surface area contributed by atoms with E-state index in [0.29, 0.717) is 17.5 Å². The van der Waals surface area contributed by atoms with Gasteiger partial charge < -0.3 is 4.57 Å². The van der Waals surface area contributed by atoms with Crippen molar-refractivity contribution in [1.82, 2.24) is 19.5 Å². The maximum Gasteiger partial charge on any atom is 0.164 e. The lowest BCUT2D eigenvalue weighted by Crippen LogP contribution is -2.33. The van der Waals surface area contributed by atoms with Crippen LogP contribution in [0.5, 0.6) is 0 Å². The molecule has 0 N–H and O–H groups in total. The summed E-state index contributed by atoms with van der Waals surface area (Å²) in [5.41, 5.74) is 18.0. The highest BCUT2D eigenvalue weighted by molar-refractivity contribution is 6.13. The number of para-hydroxylation sites is 3. The Hall–Kier alpha value is -8.21. The van der Waals surface area contributed by atoms with Gasteiger partial charge in [0.2, 0.25) is 0 Å². The van der Waals surface area contributed by atoms with Gasteiger partial charge in [-0.05, 0) is 73.8 Å². The van der Waals surface area contributed by atoms with Crippen molar-refractivity contribution in [2.75, 3.05) is 0 Å². The Kier molecular flexibility index (Phi) is 7.49. The molecule has 3 heterocycles. The number of rotatable bonds is 5. The monoisotopic (exact) mass is 788 g/mol. The smallest absolute Gasteiger partial charge is 0.164 e. The first-order valence-corrected chi connectivity index (χ1v) is 21.2. The van der Waals surface area contributed by atoms with Crippen molar-refractivity contribution in [2.45, 2.75) is 5.41 Å². The van der Waals surface area contributed by atoms with E-state index in [1.807, 2.05) is 18.2 Å². The highest BCUT2D eigenvalue weighted by atomic mass is 15.0. The van der Waals surface area contributed by atoms with Crippen molar-refractivity contribution in [3.05, 3.63) is 241 Å². The van der Waals surface area contributed by atoms with Gasteiger partial charge in [-0.25, -0.2) is 15.0 Å². The van der Waals surface area contributed by atoms with Crippen molar-refractivity contribution < 1.29 is 0 Å². The summed E-state index contributed by atoms with van der Waals surface area (Å²) in [6.45, 7) is 0. The van der Waals surface area contributed by atoms with Crippen molar-refractivity contribution in [2.24, 2.45) is 0 Å². The van der Waals surface area contributed by atoms with Gasteiger partial charge in [0.15, 0.2) is 17.5 Å². The molecule has 2 aliphatic rings. The third kappa shape index (κ3) is 4.92. The second kappa shape index (κ2) is 13.4. The zero-order valence-corrected chi connectivity index (χ0v) is 33.6. The van der Waals surface area contributed by atoms with Gasteiger partial charge in [-0.3, -0.25) is 0 Å². The first-order valence-electron chi connectivity index (χ1n) is 21.2. The number of fused-ring (bicyclic) bond motifs is 12. The predicted molar refractivity (Wildman–Crippen MR) is 252 cm³/mol. The molecular weight excluding hydrogens is 753 g/mol. The Bertz CT molecular complexity index is 3570. The van der Waals surface area contributed by atoms with Gasteiger partial charge in [-0.15, -0.1) is 0 Å². The van der Waals surface area contributed by atoms with Gasteiger partial charge in [0.25, 0.3) is 0 Å². The Labute approximate surface area is 359 Å². The lowest BCUT2D eigenvalue weighted by molar-refractivity contribution is 0.748. The molecule has 288 valence electrons. The van der Waals surface area contributed by atoms with E-state index in [-0.39, 0.29) is 0 Å². The van der Waals surface area contributed by atoms with Crippen LogP contribution in [0.4, 0.5) is 0 Å². The fourth-order valence-electron chi connectivity index (χ4n) is 10.5. The van der Waals surface area contributed by atoms with Crippen LogP contribution >= 0.6 is 0 Å². The summed E-state index contributed by atoms with van der Waals surface area (Å²) in [5, 5.41) is 2.52. The molecule has 13 rings (SSSR count). The number of aromatic nitrogens is 4. The van der Waals surface area contributed by atoms with Crippen molar-refractivity contribution in [1.29, 1.82) is 0 Å². The Balaban J connectivity index is 1.03. The van der Waals surface area contributed by atoms with Gasteiger partial charge in [0, 0.05) is 27.5 Å². The molecular formula is C58H36N4. The number of hydrogen-bond acceptors (Lipinski definition) is 3. The molecule has 0 saturated heterocycles. The maximum absolute atomic E-state index is 5.39. The molecule has 11 aromatic rings. The van der Waals surface area contributed by atoms with Crippen LogP contribution in [-0.4, -0.2) is 19.5 Å². The topological polar surface area (TPSA) is 43.6 Å². The SMILES string of the molecule is c1ccc(-c2ccc(-c3cccc(-c4nc(-c5ccccc5)nc(-c5cccc6c5-c5ccccc5C65c6ccccc6-n6c7ccccc7c7cccc5c76)n4)c3)cc2)cc1. The molecule has 0 bridgehead atoms. The van der Waals surface area contributed by atoms with Crippen LogP contribution in [0.25, 0.3) is 95.0 Å². The lowest BCUT2D eigenvalue weighted by Gasteiger charge is -2.39. The van der Waals surface area contributed by atoms with E-state index in [9.17, 15) is 0 Å². The van der Waals surface area contributed by atoms with Gasteiger partial charge in [-0.1, -0.05) is 200 Å². The quantitative estimate of drug-likeness (QED) is 0.174. The summed E-state index contributed by atoms with van der Waals surface area (Å²) in [5.74, 6) is 1.92. The number of nitrogens with zero attached hydrogens (tertiary/aromatic N) is 4. The first kappa shape index (κ1) is 34.6. The minimum atomic E-state index is -0.578. The second-order valence-electron chi connectivity index (χ2n) is 16.3. The second-order valence-corrected chi connectivity index (χ2v) is 16.3. The summed E-state index contributed by atoms with van der Waals surface area (Å²) < 4.78 is 2.49. The van der Waals surface area contributed by atoms with Crippen LogP contribution in [0.3, 0.4) is 0 Å². The number of hydrogen-bond donors (Lipinski definition) is 0. The molecule has 0 radical (unpaired) electrons. The Morgan fingerprint density at radius 1 is 0.323 bits per heavy atom. The highest BCUT2D eigenvalue weighted by Gasteiger charge is 2.51. The summed E-state index contributed by atoms with van der Waals surface area (Å²) in [6, 6.07) is 78.5. The molecule has 1 spiro atoms. The van der Waals surface area contributed by atoms with Crippen molar-refractivity contribution in [3.8, 4) is 73.2 Å². The molecule has 0 amide bonds.